The molecule has 0 saturated carbocycles. The van der Waals surface area contributed by atoms with Gasteiger partial charge in [-0.25, -0.2) is 4.39 Å². The quantitative estimate of drug-likeness (QED) is 0.821. The first kappa shape index (κ1) is 15.2. The van der Waals surface area contributed by atoms with Crippen LogP contribution < -0.4 is 15.4 Å². The number of nitrogens with two attached hydrogens (primary N) is 1. The smallest absolute Gasteiger partial charge is 0.170 e. The number of ether oxygens (including phenoxy) is 1. The minimum absolute atomic E-state index is 0.275. The molecule has 0 aromatic heterocycles. The fourth-order valence-electron chi connectivity index (χ4n) is 2.33. The van der Waals surface area contributed by atoms with Crippen molar-refractivity contribution in [2.45, 2.75) is 19.9 Å². The van der Waals surface area contributed by atoms with Gasteiger partial charge in [0.05, 0.1) is 7.11 Å². The van der Waals surface area contributed by atoms with Crippen molar-refractivity contribution in [1.82, 2.24) is 0 Å². The lowest BCUT2D eigenvalue weighted by atomic mass is 10.1. The van der Waals surface area contributed by atoms with Crippen LogP contribution in [0.2, 0.25) is 0 Å². The third-order valence-electron chi connectivity index (χ3n) is 3.35. The molecule has 0 aliphatic carbocycles. The number of rotatable bonds is 6. The van der Waals surface area contributed by atoms with Crippen molar-refractivity contribution in [3.8, 4) is 5.75 Å². The average molecular weight is 288 g/mol. The van der Waals surface area contributed by atoms with E-state index in [1.165, 1.54) is 7.11 Å². The lowest BCUT2D eigenvalue weighted by molar-refractivity contribution is 0.384. The molecule has 2 aromatic carbocycles. The largest absolute Gasteiger partial charge is 0.494 e. The lowest BCUT2D eigenvalue weighted by Gasteiger charge is -2.25. The van der Waals surface area contributed by atoms with Crippen LogP contribution in [-0.2, 0) is 6.54 Å². The first-order chi connectivity index (χ1) is 10.2. The van der Waals surface area contributed by atoms with Crippen LogP contribution in [0.15, 0.2) is 42.5 Å². The van der Waals surface area contributed by atoms with Crippen molar-refractivity contribution < 1.29 is 9.13 Å². The Kier molecular flexibility index (Phi) is 5.04. The summed E-state index contributed by atoms with van der Waals surface area (Å²) in [6, 6.07) is 12.9. The maximum atomic E-state index is 14.3. The standard InChI is InChI=1S/C17H21FN2O/c1-3-10-20(15-8-5-7-14(19)11-15)12-13-6-4-9-16(21-2)17(13)18/h4-9,11H,3,10,12,19H2,1-2H3. The molecule has 0 aliphatic rings. The van der Waals surface area contributed by atoms with Gasteiger partial charge >= 0.3 is 0 Å². The summed E-state index contributed by atoms with van der Waals surface area (Å²) >= 11 is 0. The van der Waals surface area contributed by atoms with Crippen molar-refractivity contribution in [2.24, 2.45) is 0 Å². The molecule has 0 aliphatic heterocycles. The molecule has 2 rings (SSSR count). The Morgan fingerprint density at radius 3 is 2.62 bits per heavy atom. The Morgan fingerprint density at radius 2 is 1.95 bits per heavy atom. The summed E-state index contributed by atoms with van der Waals surface area (Å²) in [5, 5.41) is 0. The van der Waals surface area contributed by atoms with Gasteiger partial charge in [0.15, 0.2) is 11.6 Å². The van der Waals surface area contributed by atoms with E-state index >= 15 is 0 Å². The molecule has 0 spiro atoms. The molecular formula is C17H21FN2O. The molecule has 2 aromatic rings. The molecule has 2 N–H and O–H groups in total. The average Bonchev–Trinajstić information content (AvgIpc) is 2.48. The third kappa shape index (κ3) is 3.66. The van der Waals surface area contributed by atoms with Gasteiger partial charge in [0, 0.05) is 30.0 Å². The fourth-order valence-corrected chi connectivity index (χ4v) is 2.33. The summed E-state index contributed by atoms with van der Waals surface area (Å²) in [5.74, 6) is -0.0264. The number of hydrogen-bond donors (Lipinski definition) is 1. The molecule has 0 bridgehead atoms. The number of nitrogen functional groups attached to an aromatic ring is 1. The van der Waals surface area contributed by atoms with Gasteiger partial charge < -0.3 is 15.4 Å². The van der Waals surface area contributed by atoms with Gasteiger partial charge in [-0.15, -0.1) is 0 Å². The predicted molar refractivity (Wildman–Crippen MR) is 85.1 cm³/mol. The van der Waals surface area contributed by atoms with Crippen molar-refractivity contribution in [3.05, 3.63) is 53.8 Å². The van der Waals surface area contributed by atoms with Crippen LogP contribution in [-0.4, -0.2) is 13.7 Å². The van der Waals surface area contributed by atoms with E-state index in [2.05, 4.69) is 11.8 Å². The predicted octanol–water partition coefficient (Wildman–Crippen LogP) is 3.83. The van der Waals surface area contributed by atoms with Crippen LogP contribution >= 0.6 is 0 Å². The van der Waals surface area contributed by atoms with E-state index in [-0.39, 0.29) is 11.6 Å². The van der Waals surface area contributed by atoms with Crippen LogP contribution in [0.1, 0.15) is 18.9 Å². The van der Waals surface area contributed by atoms with Crippen molar-refractivity contribution in [1.29, 1.82) is 0 Å². The SMILES string of the molecule is CCCN(Cc1cccc(OC)c1F)c1cccc(N)c1. The normalized spacial score (nSPS) is 10.4. The van der Waals surface area contributed by atoms with Crippen molar-refractivity contribution in [3.63, 3.8) is 0 Å². The minimum Gasteiger partial charge on any atom is -0.494 e. The molecule has 0 heterocycles. The molecule has 0 saturated heterocycles. The summed E-state index contributed by atoms with van der Waals surface area (Å²) < 4.78 is 19.3. The van der Waals surface area contributed by atoms with Gasteiger partial charge in [-0.05, 0) is 30.7 Å². The molecule has 0 radical (unpaired) electrons. The highest BCUT2D eigenvalue weighted by molar-refractivity contribution is 5.56. The second-order valence-corrected chi connectivity index (χ2v) is 4.95. The highest BCUT2D eigenvalue weighted by Crippen LogP contribution is 2.25. The number of halogens is 1. The Labute approximate surface area is 125 Å². The molecular weight excluding hydrogens is 267 g/mol. The van der Waals surface area contributed by atoms with Gasteiger partial charge in [0.1, 0.15) is 0 Å². The Hall–Kier alpha value is -2.23. The van der Waals surface area contributed by atoms with E-state index in [4.69, 9.17) is 10.5 Å². The number of hydrogen-bond acceptors (Lipinski definition) is 3. The number of benzene rings is 2. The van der Waals surface area contributed by atoms with Gasteiger partial charge in [-0.3, -0.25) is 0 Å². The molecule has 4 heteroatoms. The molecule has 0 amide bonds. The molecule has 0 fully saturated rings. The van der Waals surface area contributed by atoms with Crippen LogP contribution in [0.25, 0.3) is 0 Å². The molecule has 3 nitrogen and oxygen atoms in total. The van der Waals surface area contributed by atoms with Crippen LogP contribution in [0.3, 0.4) is 0 Å². The van der Waals surface area contributed by atoms with E-state index in [1.54, 1.807) is 18.2 Å². The monoisotopic (exact) mass is 288 g/mol. The van der Waals surface area contributed by atoms with Gasteiger partial charge in [0.2, 0.25) is 0 Å². The fraction of sp³-hybridized carbons (Fsp3) is 0.294. The number of nitrogens with zero attached hydrogens (tertiary/aromatic N) is 1. The van der Waals surface area contributed by atoms with Gasteiger partial charge in [-0.1, -0.05) is 25.1 Å². The Bertz CT molecular complexity index is 601. The van der Waals surface area contributed by atoms with Crippen molar-refractivity contribution in [2.75, 3.05) is 24.3 Å². The van der Waals surface area contributed by atoms with Gasteiger partial charge in [0.25, 0.3) is 0 Å². The molecule has 112 valence electrons. The minimum atomic E-state index is -0.301. The van der Waals surface area contributed by atoms with E-state index < -0.39 is 0 Å². The summed E-state index contributed by atoms with van der Waals surface area (Å²) in [6.07, 6.45) is 0.973. The van der Waals surface area contributed by atoms with Crippen LogP contribution in [0, 0.1) is 5.82 Å². The first-order valence-corrected chi connectivity index (χ1v) is 7.07. The molecule has 0 atom stereocenters. The van der Waals surface area contributed by atoms with Crippen LogP contribution in [0.5, 0.6) is 5.75 Å². The zero-order valence-electron chi connectivity index (χ0n) is 12.5. The summed E-state index contributed by atoms with van der Waals surface area (Å²) in [5.41, 5.74) is 8.16. The highest BCUT2D eigenvalue weighted by Gasteiger charge is 2.13. The second-order valence-electron chi connectivity index (χ2n) is 4.95. The van der Waals surface area contributed by atoms with E-state index in [1.807, 2.05) is 24.3 Å². The summed E-state index contributed by atoms with van der Waals surface area (Å²) in [6.45, 7) is 3.42. The zero-order chi connectivity index (χ0) is 15.2. The summed E-state index contributed by atoms with van der Waals surface area (Å²) in [7, 11) is 1.48. The topological polar surface area (TPSA) is 38.5 Å². The maximum absolute atomic E-state index is 14.3. The Balaban J connectivity index is 2.28. The summed E-state index contributed by atoms with van der Waals surface area (Å²) in [4.78, 5) is 2.12. The lowest BCUT2D eigenvalue weighted by Crippen LogP contribution is -2.24. The molecule has 0 unspecified atom stereocenters. The van der Waals surface area contributed by atoms with Crippen molar-refractivity contribution >= 4 is 11.4 Å². The zero-order valence-corrected chi connectivity index (χ0v) is 12.5. The molecule has 21 heavy (non-hydrogen) atoms. The number of methoxy groups -OCH3 is 1. The third-order valence-corrected chi connectivity index (χ3v) is 3.35. The van der Waals surface area contributed by atoms with Gasteiger partial charge in [-0.2, -0.15) is 0 Å². The Morgan fingerprint density at radius 1 is 1.19 bits per heavy atom. The van der Waals surface area contributed by atoms with E-state index in [0.717, 1.165) is 18.7 Å². The maximum Gasteiger partial charge on any atom is 0.170 e. The van der Waals surface area contributed by atoms with Crippen LogP contribution in [0.4, 0.5) is 15.8 Å². The highest BCUT2D eigenvalue weighted by atomic mass is 19.1. The second kappa shape index (κ2) is 6.97. The van der Waals surface area contributed by atoms with E-state index in [9.17, 15) is 4.39 Å². The number of anilines is 2. The first-order valence-electron chi connectivity index (χ1n) is 7.07. The van der Waals surface area contributed by atoms with E-state index in [0.29, 0.717) is 17.8 Å².